The molecule has 17 heavy (non-hydrogen) atoms. The monoisotopic (exact) mass is 232 g/mol. The summed E-state index contributed by atoms with van der Waals surface area (Å²) in [7, 11) is 0. The minimum atomic E-state index is 0.280. The zero-order valence-corrected chi connectivity index (χ0v) is 9.24. The highest BCUT2D eigenvalue weighted by atomic mass is 16.7. The van der Waals surface area contributed by atoms with E-state index in [-0.39, 0.29) is 6.79 Å². The fourth-order valence-electron chi connectivity index (χ4n) is 1.44. The molecule has 1 aromatic rings. The first-order chi connectivity index (χ1) is 8.40. The molecule has 0 aliphatic carbocycles. The van der Waals surface area contributed by atoms with Crippen molar-refractivity contribution in [2.75, 3.05) is 19.9 Å². The second-order valence-corrected chi connectivity index (χ2v) is 3.46. The van der Waals surface area contributed by atoms with E-state index in [1.54, 1.807) is 6.21 Å². The van der Waals surface area contributed by atoms with Crippen molar-refractivity contribution in [1.29, 1.82) is 0 Å². The van der Waals surface area contributed by atoms with Crippen LogP contribution in [0, 0.1) is 0 Å². The number of nitrogens with zero attached hydrogens (tertiary/aromatic N) is 4. The van der Waals surface area contributed by atoms with Gasteiger partial charge in [-0.2, -0.15) is 0 Å². The third-order valence-corrected chi connectivity index (χ3v) is 2.25. The minimum Gasteiger partial charge on any atom is -0.454 e. The third kappa shape index (κ3) is 3.12. The van der Waals surface area contributed by atoms with E-state index in [4.69, 9.17) is 15.0 Å². The summed E-state index contributed by atoms with van der Waals surface area (Å²) >= 11 is 0. The van der Waals surface area contributed by atoms with Gasteiger partial charge in [-0.3, -0.25) is 4.99 Å². The zero-order chi connectivity index (χ0) is 11.9. The lowest BCUT2D eigenvalue weighted by molar-refractivity contribution is 0.174. The molecular formula is C11H12N4O2. The molecule has 1 aliphatic rings. The Balaban J connectivity index is 1.86. The summed E-state index contributed by atoms with van der Waals surface area (Å²) in [6.07, 6.45) is 2.53. The molecular weight excluding hydrogens is 220 g/mol. The lowest BCUT2D eigenvalue weighted by Crippen LogP contribution is -1.92. The topological polar surface area (TPSA) is 79.6 Å². The average molecular weight is 232 g/mol. The maximum Gasteiger partial charge on any atom is 0.231 e. The number of ether oxygens (including phenoxy) is 2. The summed E-state index contributed by atoms with van der Waals surface area (Å²) in [5, 5.41) is 3.43. The van der Waals surface area contributed by atoms with E-state index in [1.807, 2.05) is 18.2 Å². The van der Waals surface area contributed by atoms with Crippen LogP contribution >= 0.6 is 0 Å². The molecule has 88 valence electrons. The Morgan fingerprint density at radius 1 is 1.29 bits per heavy atom. The molecule has 0 N–H and O–H groups in total. The number of benzene rings is 1. The van der Waals surface area contributed by atoms with Crippen molar-refractivity contribution in [3.05, 3.63) is 34.2 Å². The van der Waals surface area contributed by atoms with Crippen molar-refractivity contribution in [2.24, 2.45) is 10.1 Å². The van der Waals surface area contributed by atoms with Gasteiger partial charge in [-0.15, -0.1) is 0 Å². The van der Waals surface area contributed by atoms with Crippen LogP contribution in [0.15, 0.2) is 28.3 Å². The maximum atomic E-state index is 8.08. The Morgan fingerprint density at radius 2 is 2.18 bits per heavy atom. The molecule has 1 aliphatic heterocycles. The molecule has 0 radical (unpaired) electrons. The molecule has 1 aromatic carbocycles. The van der Waals surface area contributed by atoms with E-state index in [9.17, 15) is 0 Å². The molecule has 0 spiro atoms. The van der Waals surface area contributed by atoms with Gasteiger partial charge in [-0.05, 0) is 35.7 Å². The van der Waals surface area contributed by atoms with Crippen LogP contribution in [0.25, 0.3) is 10.4 Å². The number of aliphatic imine (C=N–C) groups is 1. The summed E-state index contributed by atoms with van der Waals surface area (Å²) in [6.45, 7) is 1.41. The molecule has 6 heteroatoms. The normalized spacial score (nSPS) is 12.7. The molecule has 0 amide bonds. The number of hydrogen-bond donors (Lipinski definition) is 0. The highest BCUT2D eigenvalue weighted by molar-refractivity contribution is 5.81. The van der Waals surface area contributed by atoms with Gasteiger partial charge >= 0.3 is 0 Å². The van der Waals surface area contributed by atoms with E-state index < -0.39 is 0 Å². The smallest absolute Gasteiger partial charge is 0.231 e. The highest BCUT2D eigenvalue weighted by Crippen LogP contribution is 2.31. The Kier molecular flexibility index (Phi) is 3.83. The number of fused-ring (bicyclic) bond motifs is 1. The van der Waals surface area contributed by atoms with Crippen LogP contribution in [0.4, 0.5) is 0 Å². The summed E-state index contributed by atoms with van der Waals surface area (Å²) < 4.78 is 10.5. The van der Waals surface area contributed by atoms with Gasteiger partial charge in [0.25, 0.3) is 0 Å². The largest absolute Gasteiger partial charge is 0.454 e. The molecule has 0 saturated heterocycles. The van der Waals surface area contributed by atoms with Crippen molar-refractivity contribution < 1.29 is 9.47 Å². The maximum absolute atomic E-state index is 8.08. The van der Waals surface area contributed by atoms with Gasteiger partial charge in [0, 0.05) is 24.2 Å². The van der Waals surface area contributed by atoms with Crippen LogP contribution in [0.2, 0.25) is 0 Å². The molecule has 0 bridgehead atoms. The summed E-state index contributed by atoms with van der Waals surface area (Å²) in [4.78, 5) is 6.91. The van der Waals surface area contributed by atoms with E-state index in [0.717, 1.165) is 23.5 Å². The number of hydrogen-bond acceptors (Lipinski definition) is 4. The lowest BCUT2D eigenvalue weighted by Gasteiger charge is -1.97. The van der Waals surface area contributed by atoms with Gasteiger partial charge < -0.3 is 9.47 Å². The molecule has 0 saturated carbocycles. The first kappa shape index (κ1) is 11.3. The van der Waals surface area contributed by atoms with Crippen LogP contribution in [-0.4, -0.2) is 26.1 Å². The first-order valence-electron chi connectivity index (χ1n) is 5.30. The Morgan fingerprint density at radius 3 is 3.06 bits per heavy atom. The summed E-state index contributed by atoms with van der Waals surface area (Å²) in [5.74, 6) is 1.52. The van der Waals surface area contributed by atoms with Gasteiger partial charge in [0.2, 0.25) is 6.79 Å². The molecule has 2 rings (SSSR count). The fourth-order valence-corrected chi connectivity index (χ4v) is 1.44. The van der Waals surface area contributed by atoms with Crippen molar-refractivity contribution in [2.45, 2.75) is 6.42 Å². The average Bonchev–Trinajstić information content (AvgIpc) is 2.81. The second-order valence-electron chi connectivity index (χ2n) is 3.46. The Labute approximate surface area is 98.5 Å². The lowest BCUT2D eigenvalue weighted by atomic mass is 10.2. The zero-order valence-electron chi connectivity index (χ0n) is 9.24. The van der Waals surface area contributed by atoms with E-state index >= 15 is 0 Å². The molecule has 0 fully saturated rings. The Bertz CT molecular complexity index is 467. The van der Waals surface area contributed by atoms with Crippen molar-refractivity contribution in [3.63, 3.8) is 0 Å². The van der Waals surface area contributed by atoms with Gasteiger partial charge in [0.05, 0.1) is 0 Å². The molecule has 0 unspecified atom stereocenters. The van der Waals surface area contributed by atoms with Crippen LogP contribution in [0.1, 0.15) is 12.0 Å². The predicted octanol–water partition coefficient (Wildman–Crippen LogP) is 2.53. The van der Waals surface area contributed by atoms with Crippen LogP contribution in [0.5, 0.6) is 11.5 Å². The molecule has 1 heterocycles. The van der Waals surface area contributed by atoms with Gasteiger partial charge in [-0.1, -0.05) is 5.11 Å². The third-order valence-electron chi connectivity index (χ3n) is 2.25. The van der Waals surface area contributed by atoms with E-state index in [0.29, 0.717) is 13.1 Å². The second kappa shape index (κ2) is 5.77. The minimum absolute atomic E-state index is 0.280. The standard InChI is InChI=1S/C11H12N4O2/c12-15-14-5-1-4-13-7-9-2-3-10-11(6-9)17-8-16-10/h2-3,6-7H,1,4-5,8H2. The molecule has 0 atom stereocenters. The highest BCUT2D eigenvalue weighted by Gasteiger charge is 2.12. The van der Waals surface area contributed by atoms with Gasteiger partial charge in [0.1, 0.15) is 0 Å². The molecule has 0 aromatic heterocycles. The number of rotatable bonds is 5. The SMILES string of the molecule is [N-]=[N+]=NCCCN=Cc1ccc2c(c1)OCO2. The van der Waals surface area contributed by atoms with E-state index in [1.165, 1.54) is 0 Å². The Hall–Kier alpha value is -2.20. The first-order valence-corrected chi connectivity index (χ1v) is 5.30. The van der Waals surface area contributed by atoms with Gasteiger partial charge in [-0.25, -0.2) is 0 Å². The number of azide groups is 1. The molecule has 6 nitrogen and oxygen atoms in total. The van der Waals surface area contributed by atoms with Crippen LogP contribution < -0.4 is 9.47 Å². The van der Waals surface area contributed by atoms with Crippen LogP contribution in [-0.2, 0) is 0 Å². The van der Waals surface area contributed by atoms with Crippen molar-refractivity contribution in [1.82, 2.24) is 0 Å². The van der Waals surface area contributed by atoms with Crippen molar-refractivity contribution >= 4 is 6.21 Å². The van der Waals surface area contributed by atoms with Crippen molar-refractivity contribution in [3.8, 4) is 11.5 Å². The fraction of sp³-hybridized carbons (Fsp3) is 0.364. The van der Waals surface area contributed by atoms with E-state index in [2.05, 4.69) is 15.0 Å². The summed E-state index contributed by atoms with van der Waals surface area (Å²) in [5.41, 5.74) is 9.05. The van der Waals surface area contributed by atoms with Gasteiger partial charge in [0.15, 0.2) is 11.5 Å². The summed E-state index contributed by atoms with van der Waals surface area (Å²) in [6, 6.07) is 5.67. The van der Waals surface area contributed by atoms with Crippen LogP contribution in [0.3, 0.4) is 0 Å². The quantitative estimate of drug-likeness (QED) is 0.257. The predicted molar refractivity (Wildman–Crippen MR) is 63.7 cm³/mol.